The molecule has 0 bridgehead atoms. The number of halogens is 1. The molecule has 0 radical (unpaired) electrons. The van der Waals surface area contributed by atoms with Gasteiger partial charge in [0.1, 0.15) is 72.6 Å². The molecule has 72 heavy (non-hydrogen) atoms. The van der Waals surface area contributed by atoms with Gasteiger partial charge in [0.15, 0.2) is 6.29 Å². The van der Waals surface area contributed by atoms with E-state index in [1.807, 2.05) is 71.0 Å². The number of hydrogen-bond donors (Lipinski definition) is 4. The number of cyclic esters (lactones) is 1. The van der Waals surface area contributed by atoms with E-state index in [2.05, 4.69) is 28.4 Å². The third kappa shape index (κ3) is 13.8. The molecule has 3 aliphatic rings. The molecule has 3 saturated heterocycles. The van der Waals surface area contributed by atoms with Gasteiger partial charge in [0, 0.05) is 70.8 Å². The van der Waals surface area contributed by atoms with E-state index in [4.69, 9.17) is 33.2 Å². The number of carbonyl (C=O) groups excluding carboxylic acids is 1. The third-order valence-electron chi connectivity index (χ3n) is 16.1. The SMILES string of the molecule is C=CCOc1ccc([C@@H](OC)C(CF)n2cc(CCN(C)[C@@H]3C[C@H](O[C@@H]4[C@@H](C)[C@H](C5C[C@@](C)(OC)[C@@H](O)C(=C)O5)[C@@H](C)C(=O)O[C@H](CC)[C@@](C)(O)[C@H](O)[C@@H](C)N(C)C[C@H](C)C[C@@]4(C)O)O[C@H](C)C3)nn2)cc1. The predicted molar refractivity (Wildman–Crippen MR) is 271 cm³/mol. The first kappa shape index (κ1) is 59.3. The van der Waals surface area contributed by atoms with E-state index in [1.165, 1.54) is 18.7 Å². The number of alkyl halides is 1. The van der Waals surface area contributed by atoms with Crippen molar-refractivity contribution in [3.05, 3.63) is 66.7 Å². The van der Waals surface area contributed by atoms with Crippen molar-refractivity contribution >= 4 is 5.97 Å². The largest absolute Gasteiger partial charge is 0.492 e. The summed E-state index contributed by atoms with van der Waals surface area (Å²) in [6.07, 6.45) is -1.07. The van der Waals surface area contributed by atoms with Gasteiger partial charge < -0.3 is 63.4 Å². The van der Waals surface area contributed by atoms with Gasteiger partial charge in [-0.3, -0.25) is 4.79 Å². The Morgan fingerprint density at radius 2 is 1.72 bits per heavy atom. The van der Waals surface area contributed by atoms with Gasteiger partial charge in [-0.15, -0.1) is 5.10 Å². The van der Waals surface area contributed by atoms with Crippen LogP contribution in [0.3, 0.4) is 0 Å². The number of carbonyl (C=O) groups is 1. The minimum Gasteiger partial charge on any atom is -0.492 e. The number of rotatable bonds is 17. The fraction of sp³-hybridized carbons (Fsp3) is 0.759. The highest BCUT2D eigenvalue weighted by Crippen LogP contribution is 2.45. The van der Waals surface area contributed by atoms with E-state index < -0.39 is 102 Å². The Labute approximate surface area is 427 Å². The van der Waals surface area contributed by atoms with Crippen LogP contribution < -0.4 is 4.74 Å². The molecule has 2 unspecified atom stereocenters. The first-order chi connectivity index (χ1) is 33.8. The molecule has 0 aliphatic carbocycles. The van der Waals surface area contributed by atoms with Crippen molar-refractivity contribution in [2.24, 2.45) is 23.7 Å². The summed E-state index contributed by atoms with van der Waals surface area (Å²) in [4.78, 5) is 18.8. The molecule has 2 aromatic rings. The molecule has 4 N–H and O–H groups in total. The van der Waals surface area contributed by atoms with Gasteiger partial charge in [-0.25, -0.2) is 9.07 Å². The number of nitrogens with zero attached hydrogens (tertiary/aromatic N) is 5. The van der Waals surface area contributed by atoms with Crippen molar-refractivity contribution < 1.29 is 62.8 Å². The maximum atomic E-state index is 14.8. The number of benzene rings is 1. The molecule has 1 aromatic heterocycles. The Balaban J connectivity index is 1.42. The van der Waals surface area contributed by atoms with Crippen LogP contribution in [0.25, 0.3) is 0 Å². The molecular formula is C54H88FN5O12. The summed E-state index contributed by atoms with van der Waals surface area (Å²) in [5.41, 5.74) is -2.99. The number of ether oxygens (including phenoxy) is 7. The summed E-state index contributed by atoms with van der Waals surface area (Å²) in [6, 6.07) is 6.01. The molecule has 18 heteroatoms. The monoisotopic (exact) mass is 1020 g/mol. The van der Waals surface area contributed by atoms with E-state index >= 15 is 0 Å². The predicted octanol–water partition coefficient (Wildman–Crippen LogP) is 6.00. The zero-order valence-electron chi connectivity index (χ0n) is 45.3. The summed E-state index contributed by atoms with van der Waals surface area (Å²) in [7, 11) is 6.95. The van der Waals surface area contributed by atoms with Crippen LogP contribution in [0.1, 0.15) is 118 Å². The van der Waals surface area contributed by atoms with Crippen LogP contribution in [-0.4, -0.2) is 178 Å². The Bertz CT molecular complexity index is 2040. The molecule has 0 saturated carbocycles. The van der Waals surface area contributed by atoms with Crippen LogP contribution >= 0.6 is 0 Å². The quantitative estimate of drug-likeness (QED) is 0.106. The number of hydrogen-bond acceptors (Lipinski definition) is 16. The standard InChI is InChI=1S/C54H88FN5O12/c1-16-24-68-41-20-18-38(19-21-41)47(66-14)42(29-55)60-31-39(56-57-60)22-23-58(12)40-25-33(4)69-45(26-40)72-50-34(5)46(43-28-53(10,67-15)49(62)37(8)70-43)35(6)51(63)71-44(17-2)54(11,65)48(61)36(7)59(13)30-32(3)27-52(50,9)64/h16,18-21,31-36,40,42-50,61-62,64-65H,1,8,17,22-30H2,2-7,9-15H3/t32-,33-,34+,35-,36-,40+,42?,43?,44-,45+,46+,47-,48-,49+,50-,52-,53-,54-/m1/s1. The Morgan fingerprint density at radius 3 is 2.33 bits per heavy atom. The lowest BCUT2D eigenvalue weighted by atomic mass is 9.68. The fourth-order valence-electron chi connectivity index (χ4n) is 11.7. The van der Waals surface area contributed by atoms with Crippen molar-refractivity contribution in [2.45, 2.75) is 185 Å². The molecule has 18 atom stereocenters. The number of aliphatic hydroxyl groups excluding tert-OH is 2. The topological polar surface area (TPSA) is 200 Å². The minimum atomic E-state index is -1.81. The van der Waals surface area contributed by atoms with Gasteiger partial charge >= 0.3 is 5.97 Å². The first-order valence-electron chi connectivity index (χ1n) is 25.8. The number of aromatic nitrogens is 3. The molecular weight excluding hydrogens is 930 g/mol. The van der Waals surface area contributed by atoms with Crippen LogP contribution in [0.2, 0.25) is 0 Å². The number of aliphatic hydroxyl groups is 4. The second kappa shape index (κ2) is 25.3. The molecule has 0 spiro atoms. The average molecular weight is 1020 g/mol. The lowest BCUT2D eigenvalue weighted by Crippen LogP contribution is -2.59. The summed E-state index contributed by atoms with van der Waals surface area (Å²) < 4.78 is 59.9. The zero-order valence-corrected chi connectivity index (χ0v) is 45.3. The molecule has 3 fully saturated rings. The van der Waals surface area contributed by atoms with Gasteiger partial charge in [-0.2, -0.15) is 0 Å². The molecule has 3 aliphatic heterocycles. The molecule has 1 aromatic carbocycles. The van der Waals surface area contributed by atoms with Crippen LogP contribution in [0.15, 0.2) is 55.5 Å². The van der Waals surface area contributed by atoms with Crippen molar-refractivity contribution in [1.82, 2.24) is 24.8 Å². The van der Waals surface area contributed by atoms with Gasteiger partial charge in [0.05, 0.1) is 29.4 Å². The maximum absolute atomic E-state index is 14.8. The number of methoxy groups -OCH3 is 2. The van der Waals surface area contributed by atoms with E-state index in [9.17, 15) is 29.6 Å². The Kier molecular flexibility index (Phi) is 20.9. The van der Waals surface area contributed by atoms with Crippen molar-refractivity contribution in [3.63, 3.8) is 0 Å². The van der Waals surface area contributed by atoms with Crippen LogP contribution in [0.5, 0.6) is 5.75 Å². The molecule has 4 heterocycles. The summed E-state index contributed by atoms with van der Waals surface area (Å²) in [6.45, 7) is 24.8. The summed E-state index contributed by atoms with van der Waals surface area (Å²) in [5.74, 6) is -2.29. The highest BCUT2D eigenvalue weighted by Gasteiger charge is 2.54. The molecule has 0 amide bonds. The van der Waals surface area contributed by atoms with Crippen molar-refractivity contribution in [1.29, 1.82) is 0 Å². The highest BCUT2D eigenvalue weighted by molar-refractivity contribution is 5.73. The van der Waals surface area contributed by atoms with Crippen LogP contribution in [-0.2, 0) is 39.6 Å². The number of likely N-dealkylation sites (N-methyl/N-ethyl adjacent to an activating group) is 2. The van der Waals surface area contributed by atoms with Crippen molar-refractivity contribution in [2.75, 3.05) is 54.7 Å². The fourth-order valence-corrected chi connectivity index (χ4v) is 11.7. The third-order valence-corrected chi connectivity index (χ3v) is 16.1. The van der Waals surface area contributed by atoms with Gasteiger partial charge in [-0.1, -0.05) is 64.3 Å². The zero-order chi connectivity index (χ0) is 53.5. The summed E-state index contributed by atoms with van der Waals surface area (Å²) in [5, 5.41) is 56.5. The second-order valence-electron chi connectivity index (χ2n) is 21.8. The Hall–Kier alpha value is -3.56. The van der Waals surface area contributed by atoms with E-state index in [-0.39, 0.29) is 43.1 Å². The van der Waals surface area contributed by atoms with Gasteiger partial charge in [-0.05, 0) is 97.5 Å². The lowest BCUT2D eigenvalue weighted by molar-refractivity contribution is -0.270. The summed E-state index contributed by atoms with van der Waals surface area (Å²) >= 11 is 0. The lowest BCUT2D eigenvalue weighted by Gasteiger charge is -2.50. The smallest absolute Gasteiger partial charge is 0.309 e. The maximum Gasteiger partial charge on any atom is 0.309 e. The van der Waals surface area contributed by atoms with Crippen molar-refractivity contribution in [3.8, 4) is 5.75 Å². The van der Waals surface area contributed by atoms with Crippen LogP contribution in [0, 0.1) is 23.7 Å². The Morgan fingerprint density at radius 1 is 1.04 bits per heavy atom. The second-order valence-corrected chi connectivity index (χ2v) is 21.8. The normalized spacial score (nSPS) is 37.7. The highest BCUT2D eigenvalue weighted by atomic mass is 19.1. The van der Waals surface area contributed by atoms with Gasteiger partial charge in [0.25, 0.3) is 0 Å². The first-order valence-corrected chi connectivity index (χ1v) is 25.8. The van der Waals surface area contributed by atoms with Gasteiger partial charge in [0.2, 0.25) is 0 Å². The van der Waals surface area contributed by atoms with Crippen LogP contribution in [0.4, 0.5) is 4.39 Å². The van der Waals surface area contributed by atoms with E-state index in [0.29, 0.717) is 50.4 Å². The van der Waals surface area contributed by atoms with E-state index in [1.54, 1.807) is 47.1 Å². The van der Waals surface area contributed by atoms with E-state index in [0.717, 1.165) is 5.56 Å². The minimum absolute atomic E-state index is 0.0101. The molecule has 5 rings (SSSR count). The molecule has 408 valence electrons. The number of esters is 1. The average Bonchev–Trinajstić information content (AvgIpc) is 3.81. The molecule has 17 nitrogen and oxygen atoms in total.